The molecule has 0 radical (unpaired) electrons. The van der Waals surface area contributed by atoms with Crippen molar-refractivity contribution in [3.63, 3.8) is 0 Å². The maximum Gasteiger partial charge on any atom is 0.196 e. The predicted molar refractivity (Wildman–Crippen MR) is 120 cm³/mol. The summed E-state index contributed by atoms with van der Waals surface area (Å²) in [4.78, 5) is 0. The quantitative estimate of drug-likeness (QED) is 0.532. The highest BCUT2D eigenvalue weighted by molar-refractivity contribution is 6.90. The second kappa shape index (κ2) is 6.94. The van der Waals surface area contributed by atoms with Crippen molar-refractivity contribution in [2.45, 2.75) is 42.9 Å². The van der Waals surface area contributed by atoms with Crippen molar-refractivity contribution in [2.75, 3.05) is 6.61 Å². The lowest BCUT2D eigenvalue weighted by atomic mass is 9.79. The lowest BCUT2D eigenvalue weighted by Gasteiger charge is -2.38. The van der Waals surface area contributed by atoms with E-state index in [-0.39, 0.29) is 5.60 Å². The molecule has 2 fully saturated rings. The van der Waals surface area contributed by atoms with Crippen LogP contribution in [0, 0.1) is 0 Å². The van der Waals surface area contributed by atoms with Crippen LogP contribution in [0.15, 0.2) is 91.0 Å². The van der Waals surface area contributed by atoms with E-state index in [4.69, 9.17) is 9.47 Å². The molecule has 2 heterocycles. The van der Waals surface area contributed by atoms with Gasteiger partial charge in [0.1, 0.15) is 5.60 Å². The van der Waals surface area contributed by atoms with Crippen LogP contribution >= 0.6 is 0 Å². The van der Waals surface area contributed by atoms with Gasteiger partial charge in [-0.05, 0) is 11.6 Å². The van der Waals surface area contributed by atoms with Crippen molar-refractivity contribution in [1.29, 1.82) is 0 Å². The monoisotopic (exact) mass is 400 g/mol. The Morgan fingerprint density at radius 3 is 2.07 bits per heavy atom. The summed E-state index contributed by atoms with van der Waals surface area (Å²) in [6.07, 6.45) is 0.875. The Bertz CT molecular complexity index is 973. The van der Waals surface area contributed by atoms with Crippen molar-refractivity contribution in [2.24, 2.45) is 0 Å². The zero-order chi connectivity index (χ0) is 20.0. The van der Waals surface area contributed by atoms with Gasteiger partial charge in [-0.25, -0.2) is 0 Å². The molecule has 0 saturated carbocycles. The molecule has 3 aromatic carbocycles. The van der Waals surface area contributed by atoms with Gasteiger partial charge in [0.15, 0.2) is 5.79 Å². The number of hydrogen-bond donors (Lipinski definition) is 0. The molecule has 0 spiro atoms. The molecule has 29 heavy (non-hydrogen) atoms. The van der Waals surface area contributed by atoms with Crippen LogP contribution in [0.25, 0.3) is 0 Å². The Kier molecular flexibility index (Phi) is 4.50. The molecular formula is C26H28O2Si. The van der Waals surface area contributed by atoms with E-state index in [1.54, 1.807) is 0 Å². The molecule has 2 aliphatic rings. The number of benzene rings is 3. The van der Waals surface area contributed by atoms with Gasteiger partial charge >= 0.3 is 0 Å². The number of fused-ring (bicyclic) bond motifs is 2. The molecule has 0 amide bonds. The van der Waals surface area contributed by atoms with Crippen molar-refractivity contribution in [3.8, 4) is 0 Å². The van der Waals surface area contributed by atoms with Gasteiger partial charge in [-0.2, -0.15) is 0 Å². The molecule has 0 N–H and O–H groups in total. The van der Waals surface area contributed by atoms with Crippen LogP contribution in [0.5, 0.6) is 0 Å². The summed E-state index contributed by atoms with van der Waals surface area (Å²) >= 11 is 0. The molecule has 3 atom stereocenters. The van der Waals surface area contributed by atoms with Gasteiger partial charge in [0, 0.05) is 17.9 Å². The third-order valence-corrected chi connectivity index (χ3v) is 10.1. The first-order valence-electron chi connectivity index (χ1n) is 10.5. The Balaban J connectivity index is 1.56. The van der Waals surface area contributed by atoms with E-state index in [0.717, 1.165) is 18.0 Å². The van der Waals surface area contributed by atoms with E-state index < -0.39 is 13.9 Å². The standard InChI is InChI=1S/C26H28O2Si/c1-29(2,23-16-10-5-11-17-23)20-25-19-27-26(28-25,22-14-8-4-9-15-22)18-24(25)21-12-6-3-7-13-21/h3-17,24H,18-20H2,1-2H3/t24?,25-,26-/m0/s1. The van der Waals surface area contributed by atoms with Crippen LogP contribution in [-0.2, 0) is 15.3 Å². The van der Waals surface area contributed by atoms with Gasteiger partial charge < -0.3 is 9.47 Å². The third-order valence-electron chi connectivity index (χ3n) is 6.74. The SMILES string of the molecule is C[Si](C)(C[C@@]12CO[C@@](c3ccccc3)(CC1c1ccccc1)O2)c1ccccc1. The van der Waals surface area contributed by atoms with Gasteiger partial charge in [0.2, 0.25) is 0 Å². The average molecular weight is 401 g/mol. The first kappa shape index (κ1) is 18.8. The van der Waals surface area contributed by atoms with Crippen LogP contribution < -0.4 is 5.19 Å². The summed E-state index contributed by atoms with van der Waals surface area (Å²) in [6.45, 7) is 5.58. The fraction of sp³-hybridized carbons (Fsp3) is 0.308. The molecule has 2 aliphatic heterocycles. The number of ether oxygens (including phenoxy) is 2. The lowest BCUT2D eigenvalue weighted by molar-refractivity contribution is -0.160. The molecule has 1 unspecified atom stereocenters. The molecule has 2 saturated heterocycles. The van der Waals surface area contributed by atoms with Gasteiger partial charge in [-0.1, -0.05) is 109 Å². The Morgan fingerprint density at radius 2 is 1.41 bits per heavy atom. The topological polar surface area (TPSA) is 18.5 Å². The summed E-state index contributed by atoms with van der Waals surface area (Å²) < 4.78 is 13.4. The van der Waals surface area contributed by atoms with E-state index in [9.17, 15) is 0 Å². The largest absolute Gasteiger partial charge is 0.343 e. The van der Waals surface area contributed by atoms with E-state index in [0.29, 0.717) is 12.5 Å². The summed E-state index contributed by atoms with van der Waals surface area (Å²) in [5.74, 6) is -0.281. The second-order valence-corrected chi connectivity index (χ2v) is 13.9. The van der Waals surface area contributed by atoms with Crippen molar-refractivity contribution in [3.05, 3.63) is 102 Å². The van der Waals surface area contributed by atoms with Crippen LogP contribution in [-0.4, -0.2) is 20.3 Å². The van der Waals surface area contributed by atoms with Crippen LogP contribution in [0.4, 0.5) is 0 Å². The second-order valence-electron chi connectivity index (χ2n) is 9.17. The molecule has 148 valence electrons. The highest BCUT2D eigenvalue weighted by Gasteiger charge is 2.64. The van der Waals surface area contributed by atoms with E-state index in [1.165, 1.54) is 10.8 Å². The van der Waals surface area contributed by atoms with Crippen LogP contribution in [0.2, 0.25) is 19.1 Å². The van der Waals surface area contributed by atoms with Crippen molar-refractivity contribution < 1.29 is 9.47 Å². The normalized spacial score (nSPS) is 28.6. The molecule has 3 heteroatoms. The van der Waals surface area contributed by atoms with Gasteiger partial charge in [0.05, 0.1) is 14.7 Å². The highest BCUT2D eigenvalue weighted by Crippen LogP contribution is 2.60. The van der Waals surface area contributed by atoms with Crippen LogP contribution in [0.3, 0.4) is 0 Å². The van der Waals surface area contributed by atoms with Gasteiger partial charge in [-0.3, -0.25) is 0 Å². The van der Waals surface area contributed by atoms with Gasteiger partial charge in [0.25, 0.3) is 0 Å². The maximum atomic E-state index is 6.97. The summed E-state index contributed by atoms with van der Waals surface area (Å²) in [7, 11) is -1.72. The minimum atomic E-state index is -1.72. The minimum Gasteiger partial charge on any atom is -0.343 e. The fourth-order valence-electron chi connectivity index (χ4n) is 5.36. The zero-order valence-corrected chi connectivity index (χ0v) is 18.2. The predicted octanol–water partition coefficient (Wildman–Crippen LogP) is 5.43. The molecule has 2 bridgehead atoms. The number of rotatable bonds is 5. The molecule has 5 rings (SSSR count). The van der Waals surface area contributed by atoms with Gasteiger partial charge in [-0.15, -0.1) is 0 Å². The van der Waals surface area contributed by atoms with Crippen molar-refractivity contribution in [1.82, 2.24) is 0 Å². The van der Waals surface area contributed by atoms with E-state index in [1.807, 2.05) is 0 Å². The summed E-state index contributed by atoms with van der Waals surface area (Å²) in [5.41, 5.74) is 2.23. The smallest absolute Gasteiger partial charge is 0.196 e. The third kappa shape index (κ3) is 3.18. The minimum absolute atomic E-state index is 0.275. The Labute approximate surface area is 174 Å². The van der Waals surface area contributed by atoms with E-state index >= 15 is 0 Å². The molecule has 2 nitrogen and oxygen atoms in total. The van der Waals surface area contributed by atoms with E-state index in [2.05, 4.69) is 104 Å². The first-order chi connectivity index (χ1) is 14.0. The molecular weight excluding hydrogens is 372 g/mol. The Morgan fingerprint density at radius 1 is 0.828 bits per heavy atom. The highest BCUT2D eigenvalue weighted by atomic mass is 28.3. The summed E-state index contributed by atoms with van der Waals surface area (Å²) in [6, 6.07) is 33.4. The summed E-state index contributed by atoms with van der Waals surface area (Å²) in [5, 5.41) is 1.48. The lowest BCUT2D eigenvalue weighted by Crippen LogP contribution is -2.51. The number of hydrogen-bond acceptors (Lipinski definition) is 2. The first-order valence-corrected chi connectivity index (χ1v) is 13.7. The molecule has 3 aromatic rings. The molecule has 0 aromatic heterocycles. The Hall–Kier alpha value is -2.20. The maximum absolute atomic E-state index is 6.97. The van der Waals surface area contributed by atoms with Crippen molar-refractivity contribution >= 4 is 13.3 Å². The molecule has 0 aliphatic carbocycles. The van der Waals surface area contributed by atoms with Crippen LogP contribution in [0.1, 0.15) is 23.5 Å². The average Bonchev–Trinajstić information content (AvgIpc) is 3.29. The fourth-order valence-corrected chi connectivity index (χ4v) is 8.58. The zero-order valence-electron chi connectivity index (χ0n) is 17.2.